The predicted molar refractivity (Wildman–Crippen MR) is 108 cm³/mol. The highest BCUT2D eigenvalue weighted by Crippen LogP contribution is 2.31. The van der Waals surface area contributed by atoms with Crippen molar-refractivity contribution < 1.29 is 22.9 Å². The number of benzene rings is 1. The van der Waals surface area contributed by atoms with Crippen LogP contribution in [0.2, 0.25) is 0 Å². The number of carbonyl (C=O) groups excluding carboxylic acids is 1. The number of ether oxygens (including phenoxy) is 1. The molecular formula is C19H29N3O6S. The number of nitrogens with zero attached hydrogens (tertiary/aromatic N) is 2. The van der Waals surface area contributed by atoms with Crippen LogP contribution in [0.5, 0.6) is 5.75 Å². The van der Waals surface area contributed by atoms with Crippen LogP contribution in [-0.4, -0.2) is 49.3 Å². The van der Waals surface area contributed by atoms with Crippen molar-refractivity contribution in [2.45, 2.75) is 57.4 Å². The minimum Gasteiger partial charge on any atom is -0.477 e. The highest BCUT2D eigenvalue weighted by Gasteiger charge is 2.27. The van der Waals surface area contributed by atoms with E-state index >= 15 is 0 Å². The highest BCUT2D eigenvalue weighted by molar-refractivity contribution is 7.89. The van der Waals surface area contributed by atoms with Crippen LogP contribution in [0.4, 0.5) is 5.69 Å². The van der Waals surface area contributed by atoms with Crippen LogP contribution in [0.1, 0.15) is 46.5 Å². The van der Waals surface area contributed by atoms with Gasteiger partial charge in [0.15, 0.2) is 12.4 Å². The lowest BCUT2D eigenvalue weighted by Gasteiger charge is -2.29. The number of nitrogens with one attached hydrogen (secondary N) is 1. The average Bonchev–Trinajstić information content (AvgIpc) is 2.68. The Hall–Kier alpha value is -2.20. The summed E-state index contributed by atoms with van der Waals surface area (Å²) in [5, 5.41) is 14.3. The first kappa shape index (κ1) is 23.1. The monoisotopic (exact) mass is 427 g/mol. The van der Waals surface area contributed by atoms with Crippen LogP contribution in [0.15, 0.2) is 23.1 Å². The molecule has 0 saturated heterocycles. The fraction of sp³-hybridized carbons (Fsp3) is 0.632. The number of sulfonamides is 1. The third-order valence-corrected chi connectivity index (χ3v) is 7.33. The summed E-state index contributed by atoms with van der Waals surface area (Å²) >= 11 is 0. The molecule has 9 nitrogen and oxygen atoms in total. The van der Waals surface area contributed by atoms with Gasteiger partial charge in [0.25, 0.3) is 5.91 Å². The van der Waals surface area contributed by atoms with Crippen LogP contribution in [0.25, 0.3) is 0 Å². The molecule has 0 heterocycles. The Bertz CT molecular complexity index is 838. The molecule has 1 N–H and O–H groups in total. The fourth-order valence-corrected chi connectivity index (χ4v) is 5.04. The van der Waals surface area contributed by atoms with Crippen LogP contribution >= 0.6 is 0 Å². The van der Waals surface area contributed by atoms with Gasteiger partial charge in [0.2, 0.25) is 10.0 Å². The maximum Gasteiger partial charge on any atom is 0.312 e. The predicted octanol–water partition coefficient (Wildman–Crippen LogP) is 2.70. The van der Waals surface area contributed by atoms with Crippen molar-refractivity contribution in [2.75, 3.05) is 19.7 Å². The average molecular weight is 428 g/mol. The maximum atomic E-state index is 12.6. The number of amides is 1. The van der Waals surface area contributed by atoms with E-state index in [2.05, 4.69) is 12.2 Å². The third-order valence-electron chi connectivity index (χ3n) is 5.29. The molecule has 1 aliphatic rings. The lowest BCUT2D eigenvalue weighted by atomic mass is 9.86. The Balaban J connectivity index is 2.13. The van der Waals surface area contributed by atoms with Gasteiger partial charge in [0.05, 0.1) is 9.82 Å². The zero-order valence-corrected chi connectivity index (χ0v) is 17.9. The first-order valence-corrected chi connectivity index (χ1v) is 11.3. The number of carbonyl (C=O) groups is 1. The van der Waals surface area contributed by atoms with Crippen molar-refractivity contribution in [1.82, 2.24) is 9.62 Å². The minimum absolute atomic E-state index is 0.0800. The van der Waals surface area contributed by atoms with Gasteiger partial charge >= 0.3 is 5.69 Å². The standard InChI is InChI=1S/C19H29N3O6S/c1-4-21(5-2)29(26,27)15-10-11-18(17(12-15)22(24)25)28-13-19(23)20-16-9-7-6-8-14(16)3/h10-12,14,16H,4-9,13H2,1-3H3,(H,20,23)/t14-,16+/m0/s1. The molecule has 2 atom stereocenters. The van der Waals surface area contributed by atoms with Gasteiger partial charge < -0.3 is 10.1 Å². The number of nitro groups is 1. The first-order valence-electron chi connectivity index (χ1n) is 9.91. The van der Waals surface area contributed by atoms with Crippen LogP contribution in [0.3, 0.4) is 0 Å². The number of rotatable bonds is 9. The number of hydrogen-bond donors (Lipinski definition) is 1. The number of hydrogen-bond acceptors (Lipinski definition) is 6. The largest absolute Gasteiger partial charge is 0.477 e. The van der Waals surface area contributed by atoms with E-state index < -0.39 is 20.6 Å². The molecule has 0 unspecified atom stereocenters. The fourth-order valence-electron chi connectivity index (χ4n) is 3.56. The Morgan fingerprint density at radius 2 is 1.93 bits per heavy atom. The Labute approximate surface area is 171 Å². The van der Waals surface area contributed by atoms with Crippen LogP contribution in [0, 0.1) is 16.0 Å². The van der Waals surface area contributed by atoms with Gasteiger partial charge in [-0.3, -0.25) is 14.9 Å². The van der Waals surface area contributed by atoms with Gasteiger partial charge in [-0.2, -0.15) is 4.31 Å². The second-order valence-electron chi connectivity index (χ2n) is 7.20. The van der Waals surface area contributed by atoms with E-state index in [0.717, 1.165) is 31.7 Å². The number of nitro benzene ring substituents is 1. The quantitative estimate of drug-likeness (QED) is 0.478. The third kappa shape index (κ3) is 5.66. The minimum atomic E-state index is -3.84. The summed E-state index contributed by atoms with van der Waals surface area (Å²) in [6.45, 7) is 5.61. The molecule has 0 aliphatic heterocycles. The smallest absolute Gasteiger partial charge is 0.312 e. The summed E-state index contributed by atoms with van der Waals surface area (Å²) in [6.07, 6.45) is 4.17. The van der Waals surface area contributed by atoms with E-state index in [4.69, 9.17) is 4.74 Å². The molecule has 1 aromatic rings. The first-order chi connectivity index (χ1) is 13.7. The van der Waals surface area contributed by atoms with Gasteiger partial charge in [-0.1, -0.05) is 33.6 Å². The summed E-state index contributed by atoms with van der Waals surface area (Å²) in [7, 11) is -3.84. The summed E-state index contributed by atoms with van der Waals surface area (Å²) in [5.74, 6) is -0.107. The van der Waals surface area contributed by atoms with E-state index in [9.17, 15) is 23.3 Å². The molecule has 162 valence electrons. The van der Waals surface area contributed by atoms with E-state index in [1.165, 1.54) is 16.4 Å². The zero-order chi connectivity index (χ0) is 21.6. The van der Waals surface area contributed by atoms with Gasteiger partial charge in [-0.15, -0.1) is 0 Å². The molecule has 0 spiro atoms. The molecule has 0 bridgehead atoms. The molecule has 1 amide bonds. The molecule has 1 saturated carbocycles. The van der Waals surface area contributed by atoms with Gasteiger partial charge in [-0.05, 0) is 30.9 Å². The summed E-state index contributed by atoms with van der Waals surface area (Å²) < 4.78 is 31.8. The van der Waals surface area contributed by atoms with E-state index in [0.29, 0.717) is 5.92 Å². The van der Waals surface area contributed by atoms with Crippen molar-refractivity contribution >= 4 is 21.6 Å². The van der Waals surface area contributed by atoms with Crippen LogP contribution in [-0.2, 0) is 14.8 Å². The Morgan fingerprint density at radius 3 is 2.52 bits per heavy atom. The normalized spacial score (nSPS) is 19.7. The van der Waals surface area contributed by atoms with Gasteiger partial charge in [0.1, 0.15) is 0 Å². The molecule has 1 aliphatic carbocycles. The molecule has 0 aromatic heterocycles. The highest BCUT2D eigenvalue weighted by atomic mass is 32.2. The Morgan fingerprint density at radius 1 is 1.28 bits per heavy atom. The van der Waals surface area contributed by atoms with E-state index in [-0.39, 0.29) is 42.3 Å². The second-order valence-corrected chi connectivity index (χ2v) is 9.14. The van der Waals surface area contributed by atoms with Crippen molar-refractivity contribution in [1.29, 1.82) is 0 Å². The topological polar surface area (TPSA) is 119 Å². The maximum absolute atomic E-state index is 12.6. The molecular weight excluding hydrogens is 398 g/mol. The molecule has 0 radical (unpaired) electrons. The van der Waals surface area contributed by atoms with E-state index in [1.807, 2.05) is 0 Å². The summed E-state index contributed by atoms with van der Waals surface area (Å²) in [5.41, 5.74) is -0.489. The zero-order valence-electron chi connectivity index (χ0n) is 17.1. The Kier molecular flexibility index (Phi) is 7.97. The van der Waals surface area contributed by atoms with Crippen molar-refractivity contribution in [2.24, 2.45) is 5.92 Å². The lowest BCUT2D eigenvalue weighted by molar-refractivity contribution is -0.386. The van der Waals surface area contributed by atoms with Gasteiger partial charge in [-0.25, -0.2) is 8.42 Å². The SMILES string of the molecule is CCN(CC)S(=O)(=O)c1ccc(OCC(=O)N[C@@H]2CCCC[C@@H]2C)c([N+](=O)[O-])c1. The van der Waals surface area contributed by atoms with E-state index in [1.54, 1.807) is 13.8 Å². The lowest BCUT2D eigenvalue weighted by Crippen LogP contribution is -2.43. The second kappa shape index (κ2) is 10.0. The van der Waals surface area contributed by atoms with Crippen molar-refractivity contribution in [3.63, 3.8) is 0 Å². The van der Waals surface area contributed by atoms with Crippen molar-refractivity contribution in [3.8, 4) is 5.75 Å². The molecule has 29 heavy (non-hydrogen) atoms. The molecule has 10 heteroatoms. The van der Waals surface area contributed by atoms with Crippen LogP contribution < -0.4 is 10.1 Å². The molecule has 1 fully saturated rings. The van der Waals surface area contributed by atoms with Gasteiger partial charge in [0, 0.05) is 25.2 Å². The summed E-state index contributed by atoms with van der Waals surface area (Å²) in [6, 6.07) is 3.54. The van der Waals surface area contributed by atoms with Crippen molar-refractivity contribution in [3.05, 3.63) is 28.3 Å². The molecule has 2 rings (SSSR count). The summed E-state index contributed by atoms with van der Waals surface area (Å²) in [4.78, 5) is 22.7. The molecule has 1 aromatic carbocycles.